The summed E-state index contributed by atoms with van der Waals surface area (Å²) in [6.45, 7) is 14.9. The summed E-state index contributed by atoms with van der Waals surface area (Å²) in [4.78, 5) is 12.2. The van der Waals surface area contributed by atoms with Crippen molar-refractivity contribution in [3.05, 3.63) is 0 Å². The third-order valence-corrected chi connectivity index (χ3v) is 13.0. The van der Waals surface area contributed by atoms with Crippen LogP contribution < -0.4 is 0 Å². The van der Waals surface area contributed by atoms with Gasteiger partial charge in [-0.2, -0.15) is 0 Å². The summed E-state index contributed by atoms with van der Waals surface area (Å²) >= 11 is 0. The fourth-order valence-electron chi connectivity index (χ4n) is 5.42. The van der Waals surface area contributed by atoms with E-state index in [9.17, 15) is 4.79 Å². The molecule has 152 valence electrons. The Hall–Kier alpha value is -0.193. The smallest absolute Gasteiger partial charge is 0.200 e. The van der Waals surface area contributed by atoms with Crippen LogP contribution in [0.2, 0.25) is 16.6 Å². The molecular formula is C22H42O3Si. The van der Waals surface area contributed by atoms with Crippen molar-refractivity contribution in [1.29, 1.82) is 0 Å². The van der Waals surface area contributed by atoms with Gasteiger partial charge in [0, 0.05) is 18.9 Å². The number of hydrogen-bond acceptors (Lipinski definition) is 3. The first kappa shape index (κ1) is 22.1. The Morgan fingerprint density at radius 2 is 1.69 bits per heavy atom. The lowest BCUT2D eigenvalue weighted by Crippen LogP contribution is -2.53. The van der Waals surface area contributed by atoms with Gasteiger partial charge in [-0.3, -0.25) is 4.79 Å². The summed E-state index contributed by atoms with van der Waals surface area (Å²) in [7, 11) is -1.94. The van der Waals surface area contributed by atoms with E-state index >= 15 is 0 Å². The molecule has 1 aliphatic carbocycles. The van der Waals surface area contributed by atoms with Gasteiger partial charge in [-0.15, -0.1) is 0 Å². The lowest BCUT2D eigenvalue weighted by atomic mass is 9.78. The Labute approximate surface area is 162 Å². The minimum Gasteiger partial charge on any atom is -0.412 e. The molecule has 1 saturated heterocycles. The van der Waals surface area contributed by atoms with E-state index in [-0.39, 0.29) is 12.0 Å². The molecule has 2 aliphatic rings. The largest absolute Gasteiger partial charge is 0.412 e. The Balaban J connectivity index is 2.04. The molecule has 1 unspecified atom stereocenters. The highest BCUT2D eigenvalue weighted by atomic mass is 28.4. The molecule has 1 saturated carbocycles. The molecular weight excluding hydrogens is 340 g/mol. The number of hydrogen-bond donors (Lipinski definition) is 0. The quantitative estimate of drug-likeness (QED) is 0.418. The molecule has 4 heteroatoms. The van der Waals surface area contributed by atoms with E-state index < -0.39 is 8.32 Å². The molecule has 2 rings (SSSR count). The van der Waals surface area contributed by atoms with Gasteiger partial charge < -0.3 is 9.16 Å². The third kappa shape index (κ3) is 4.99. The minimum atomic E-state index is -1.94. The van der Waals surface area contributed by atoms with Crippen LogP contribution in [-0.2, 0) is 14.0 Å². The predicted molar refractivity (Wildman–Crippen MR) is 111 cm³/mol. The fourth-order valence-corrected chi connectivity index (χ4v) is 11.0. The van der Waals surface area contributed by atoms with Crippen LogP contribution in [0, 0.1) is 5.92 Å². The molecule has 0 aromatic carbocycles. The zero-order valence-corrected chi connectivity index (χ0v) is 19.1. The van der Waals surface area contributed by atoms with Crippen LogP contribution in [0.15, 0.2) is 0 Å². The van der Waals surface area contributed by atoms with Crippen molar-refractivity contribution in [3.8, 4) is 0 Å². The number of ether oxygens (including phenoxy) is 1. The summed E-state index contributed by atoms with van der Waals surface area (Å²) in [5.74, 6) is 0.591. The van der Waals surface area contributed by atoms with E-state index in [1.165, 1.54) is 19.3 Å². The molecule has 1 heterocycles. The summed E-state index contributed by atoms with van der Waals surface area (Å²) in [5.41, 5.74) is 1.71. The SMILES string of the molecule is CC(C)[Si](O[C@H](CCCC1CCCCO1)[C@H]1CCC1=O)(C(C)C)C(C)C. The lowest BCUT2D eigenvalue weighted by Gasteiger charge is -2.47. The van der Waals surface area contributed by atoms with Crippen LogP contribution in [0.5, 0.6) is 0 Å². The van der Waals surface area contributed by atoms with Crippen molar-refractivity contribution < 1.29 is 14.0 Å². The predicted octanol–water partition coefficient (Wildman–Crippen LogP) is 6.27. The number of Topliss-reactive ketones (excluding diaryl/α,β-unsaturated/α-hetero) is 1. The van der Waals surface area contributed by atoms with Gasteiger partial charge in [0.05, 0.1) is 12.2 Å². The van der Waals surface area contributed by atoms with Gasteiger partial charge in [-0.25, -0.2) is 0 Å². The summed E-state index contributed by atoms with van der Waals surface area (Å²) in [5, 5.41) is 0. The highest BCUT2D eigenvalue weighted by molar-refractivity contribution is 6.77. The van der Waals surface area contributed by atoms with Crippen LogP contribution >= 0.6 is 0 Å². The van der Waals surface area contributed by atoms with Crippen LogP contribution in [0.1, 0.15) is 92.9 Å². The fraction of sp³-hybridized carbons (Fsp3) is 0.955. The molecule has 0 radical (unpaired) electrons. The van der Waals surface area contributed by atoms with Crippen LogP contribution in [-0.4, -0.2) is 32.9 Å². The maximum absolute atomic E-state index is 12.2. The summed E-state index contributed by atoms with van der Waals surface area (Å²) in [6, 6.07) is 0. The Bertz CT molecular complexity index is 419. The average Bonchev–Trinajstić information content (AvgIpc) is 2.57. The summed E-state index contributed by atoms with van der Waals surface area (Å²) < 4.78 is 13.0. The zero-order valence-electron chi connectivity index (χ0n) is 18.1. The molecule has 0 bridgehead atoms. The van der Waals surface area contributed by atoms with Gasteiger partial charge >= 0.3 is 0 Å². The second-order valence-electron chi connectivity index (χ2n) is 9.50. The second-order valence-corrected chi connectivity index (χ2v) is 14.9. The molecule has 0 aromatic heterocycles. The second kappa shape index (κ2) is 9.84. The number of ketones is 1. The van der Waals surface area contributed by atoms with Crippen LogP contribution in [0.4, 0.5) is 0 Å². The van der Waals surface area contributed by atoms with Gasteiger partial charge in [0.1, 0.15) is 5.78 Å². The van der Waals surface area contributed by atoms with Gasteiger partial charge in [-0.1, -0.05) is 41.5 Å². The maximum Gasteiger partial charge on any atom is 0.200 e. The van der Waals surface area contributed by atoms with Crippen molar-refractivity contribution in [2.75, 3.05) is 6.61 Å². The number of rotatable bonds is 10. The molecule has 3 nitrogen and oxygen atoms in total. The molecule has 26 heavy (non-hydrogen) atoms. The van der Waals surface area contributed by atoms with E-state index in [0.29, 0.717) is 28.5 Å². The van der Waals surface area contributed by atoms with Crippen molar-refractivity contribution in [2.24, 2.45) is 5.92 Å². The van der Waals surface area contributed by atoms with Gasteiger partial charge in [0.15, 0.2) is 0 Å². The number of carbonyl (C=O) groups excluding carboxylic acids is 1. The topological polar surface area (TPSA) is 35.5 Å². The standard InChI is InChI=1S/C22H42O3Si/c1-16(2)26(17(3)4,18(5)6)25-22(20-13-14-21(20)23)12-9-11-19-10-7-8-15-24-19/h16-20,22H,7-15H2,1-6H3/t19?,20-,22+/m0/s1. The Morgan fingerprint density at radius 1 is 1.04 bits per heavy atom. The third-order valence-electron chi connectivity index (χ3n) is 6.92. The normalized spacial score (nSPS) is 25.8. The highest BCUT2D eigenvalue weighted by Crippen LogP contribution is 2.45. The Morgan fingerprint density at radius 3 is 2.12 bits per heavy atom. The Kier molecular flexibility index (Phi) is 8.36. The monoisotopic (exact) mass is 382 g/mol. The zero-order chi connectivity index (χ0) is 19.3. The van der Waals surface area contributed by atoms with Gasteiger partial charge in [0.25, 0.3) is 0 Å². The van der Waals surface area contributed by atoms with E-state index in [4.69, 9.17) is 9.16 Å². The van der Waals surface area contributed by atoms with Crippen molar-refractivity contribution in [2.45, 2.75) is 122 Å². The highest BCUT2D eigenvalue weighted by Gasteiger charge is 2.49. The summed E-state index contributed by atoms with van der Waals surface area (Å²) in [6.07, 6.45) is 9.35. The first-order chi connectivity index (χ1) is 12.3. The van der Waals surface area contributed by atoms with Crippen molar-refractivity contribution >= 4 is 14.1 Å². The molecule has 0 N–H and O–H groups in total. The van der Waals surface area contributed by atoms with Gasteiger partial charge in [0.2, 0.25) is 8.32 Å². The van der Waals surface area contributed by atoms with E-state index in [1.54, 1.807) is 0 Å². The van der Waals surface area contributed by atoms with E-state index in [0.717, 1.165) is 38.7 Å². The van der Waals surface area contributed by atoms with E-state index in [2.05, 4.69) is 41.5 Å². The lowest BCUT2D eigenvalue weighted by molar-refractivity contribution is -0.134. The van der Waals surface area contributed by atoms with Crippen LogP contribution in [0.25, 0.3) is 0 Å². The first-order valence-electron chi connectivity index (χ1n) is 11.1. The molecule has 0 amide bonds. The average molecular weight is 383 g/mol. The number of carbonyl (C=O) groups is 1. The molecule has 0 spiro atoms. The van der Waals surface area contributed by atoms with Crippen molar-refractivity contribution in [1.82, 2.24) is 0 Å². The maximum atomic E-state index is 12.2. The van der Waals surface area contributed by atoms with Crippen molar-refractivity contribution in [3.63, 3.8) is 0 Å². The molecule has 3 atom stereocenters. The van der Waals surface area contributed by atoms with E-state index in [1.807, 2.05) is 0 Å². The molecule has 0 aromatic rings. The molecule has 1 aliphatic heterocycles. The minimum absolute atomic E-state index is 0.138. The first-order valence-corrected chi connectivity index (χ1v) is 13.2. The van der Waals surface area contributed by atoms with Crippen LogP contribution in [0.3, 0.4) is 0 Å². The van der Waals surface area contributed by atoms with Gasteiger partial charge in [-0.05, 0) is 61.6 Å². The molecule has 2 fully saturated rings.